The summed E-state index contributed by atoms with van der Waals surface area (Å²) >= 11 is 0. The van der Waals surface area contributed by atoms with E-state index in [4.69, 9.17) is 18.5 Å². The summed E-state index contributed by atoms with van der Waals surface area (Å²) in [5.41, 5.74) is 0. The van der Waals surface area contributed by atoms with Crippen LogP contribution in [0.4, 0.5) is 0 Å². The Morgan fingerprint density at radius 2 is 0.692 bits per heavy atom. The lowest BCUT2D eigenvalue weighted by atomic mass is 10.0. The molecule has 0 saturated carbocycles. The van der Waals surface area contributed by atoms with Gasteiger partial charge in [0.2, 0.25) is 0 Å². The molecule has 0 rings (SSSR count). The van der Waals surface area contributed by atoms with Gasteiger partial charge in [0.15, 0.2) is 6.10 Å². The number of hydrogen-bond acceptors (Lipinski definition) is 7. The van der Waals surface area contributed by atoms with Gasteiger partial charge >= 0.3 is 19.8 Å². The molecule has 78 heavy (non-hydrogen) atoms. The maximum Gasteiger partial charge on any atom is 0.472 e. The van der Waals surface area contributed by atoms with Crippen LogP contribution in [-0.2, 0) is 32.7 Å². The van der Waals surface area contributed by atoms with Gasteiger partial charge in [0, 0.05) is 12.8 Å². The number of esters is 2. The predicted molar refractivity (Wildman–Crippen MR) is 334 cm³/mol. The largest absolute Gasteiger partial charge is 0.472 e. The predicted octanol–water partition coefficient (Wildman–Crippen LogP) is 19.5. The topological polar surface area (TPSA) is 108 Å². The summed E-state index contributed by atoms with van der Waals surface area (Å²) in [4.78, 5) is 35.7. The third kappa shape index (κ3) is 61.1. The number of allylic oxidation sites excluding steroid dienone is 24. The molecule has 0 radical (unpaired) electrons. The second-order valence-electron chi connectivity index (χ2n) is 21.0. The van der Waals surface area contributed by atoms with Crippen molar-refractivity contribution in [2.75, 3.05) is 47.5 Å². The lowest BCUT2D eigenvalue weighted by Crippen LogP contribution is -2.37. The van der Waals surface area contributed by atoms with Crippen molar-refractivity contribution >= 4 is 19.8 Å². The summed E-state index contributed by atoms with van der Waals surface area (Å²) in [6, 6.07) is 0. The number of phosphoric acid groups is 1. The number of quaternary nitrogens is 1. The summed E-state index contributed by atoms with van der Waals surface area (Å²) < 4.78 is 34.6. The summed E-state index contributed by atoms with van der Waals surface area (Å²) in [6.07, 6.45) is 85.0. The van der Waals surface area contributed by atoms with Gasteiger partial charge in [-0.25, -0.2) is 4.57 Å². The van der Waals surface area contributed by atoms with Gasteiger partial charge in [-0.2, -0.15) is 0 Å². The normalized spacial score (nSPS) is 14.3. The number of phosphoric ester groups is 1. The highest BCUT2D eigenvalue weighted by Crippen LogP contribution is 2.43. The number of hydrogen-bond donors (Lipinski definition) is 1. The van der Waals surface area contributed by atoms with E-state index in [2.05, 4.69) is 160 Å². The van der Waals surface area contributed by atoms with Gasteiger partial charge in [0.05, 0.1) is 27.7 Å². The zero-order valence-electron chi connectivity index (χ0n) is 50.1. The average Bonchev–Trinajstić information content (AvgIpc) is 3.41. The number of nitrogens with zero attached hydrogens (tertiary/aromatic N) is 1. The zero-order chi connectivity index (χ0) is 57.0. The number of carbonyl (C=O) groups excluding carboxylic acids is 2. The number of carbonyl (C=O) groups is 2. The minimum Gasteiger partial charge on any atom is -0.462 e. The van der Waals surface area contributed by atoms with Crippen LogP contribution in [0.2, 0.25) is 0 Å². The minimum absolute atomic E-state index is 0.0150. The van der Waals surface area contributed by atoms with Crippen LogP contribution in [0, 0.1) is 0 Å². The first-order valence-electron chi connectivity index (χ1n) is 30.6. The van der Waals surface area contributed by atoms with Gasteiger partial charge in [-0.1, -0.05) is 237 Å². The molecular formula is C68H113NO8P+. The van der Waals surface area contributed by atoms with Crippen molar-refractivity contribution in [2.24, 2.45) is 0 Å². The smallest absolute Gasteiger partial charge is 0.462 e. The van der Waals surface area contributed by atoms with Crippen LogP contribution in [0.25, 0.3) is 0 Å². The van der Waals surface area contributed by atoms with Crippen molar-refractivity contribution in [1.82, 2.24) is 0 Å². The fourth-order valence-corrected chi connectivity index (χ4v) is 8.47. The molecule has 1 N–H and O–H groups in total. The Bertz CT molecular complexity index is 1820. The maximum atomic E-state index is 12.8. The van der Waals surface area contributed by atoms with Crippen molar-refractivity contribution in [3.63, 3.8) is 0 Å². The summed E-state index contributed by atoms with van der Waals surface area (Å²) in [5, 5.41) is 0. The fourth-order valence-electron chi connectivity index (χ4n) is 7.73. The molecular weight excluding hydrogens is 990 g/mol. The zero-order valence-corrected chi connectivity index (χ0v) is 51.0. The summed E-state index contributed by atoms with van der Waals surface area (Å²) in [6.45, 7) is 4.14. The minimum atomic E-state index is -4.41. The van der Waals surface area contributed by atoms with Gasteiger partial charge in [0.25, 0.3) is 0 Å². The van der Waals surface area contributed by atoms with E-state index in [0.717, 1.165) is 109 Å². The van der Waals surface area contributed by atoms with Crippen molar-refractivity contribution in [2.45, 2.75) is 225 Å². The van der Waals surface area contributed by atoms with E-state index in [1.165, 1.54) is 77.0 Å². The quantitative estimate of drug-likeness (QED) is 0.0211. The molecule has 9 nitrogen and oxygen atoms in total. The molecule has 0 heterocycles. The lowest BCUT2D eigenvalue weighted by Gasteiger charge is -2.24. The SMILES string of the molecule is CC/C=C\C/C=C\C/C=C\C/C=C\C/C=C\C/C=C\C/C=C\C/C=C\CCCCC(=O)OC(COC(=O)CCCCCCCCCCCCCCCC/C=C\C/C=C\C/C=C\C/C=C\CC)COP(=O)(O)OCC[N+](C)(C)C. The number of ether oxygens (including phenoxy) is 2. The molecule has 0 aliphatic carbocycles. The highest BCUT2D eigenvalue weighted by Gasteiger charge is 2.27. The third-order valence-corrected chi connectivity index (χ3v) is 13.3. The lowest BCUT2D eigenvalue weighted by molar-refractivity contribution is -0.870. The molecule has 2 atom stereocenters. The monoisotopic (exact) mass is 1100 g/mol. The Kier molecular flexibility index (Phi) is 54.5. The Morgan fingerprint density at radius 1 is 0.397 bits per heavy atom. The Hall–Kier alpha value is -4.11. The number of likely N-dealkylation sites (N-methyl/N-ethyl adjacent to an activating group) is 1. The Labute approximate surface area is 478 Å². The highest BCUT2D eigenvalue weighted by atomic mass is 31.2. The summed E-state index contributed by atoms with van der Waals surface area (Å²) in [5.74, 6) is -0.858. The third-order valence-electron chi connectivity index (χ3n) is 12.4. The van der Waals surface area contributed by atoms with Crippen LogP contribution in [0.15, 0.2) is 146 Å². The molecule has 0 aromatic heterocycles. The van der Waals surface area contributed by atoms with Crippen LogP contribution in [0.3, 0.4) is 0 Å². The van der Waals surface area contributed by atoms with Crippen LogP contribution in [0.1, 0.15) is 219 Å². The molecule has 0 spiro atoms. The van der Waals surface area contributed by atoms with Gasteiger partial charge in [-0.3, -0.25) is 18.6 Å². The van der Waals surface area contributed by atoms with Crippen molar-refractivity contribution in [3.05, 3.63) is 146 Å². The number of rotatable bonds is 54. The highest BCUT2D eigenvalue weighted by molar-refractivity contribution is 7.47. The van der Waals surface area contributed by atoms with E-state index >= 15 is 0 Å². The molecule has 0 amide bonds. The molecule has 0 bridgehead atoms. The van der Waals surface area contributed by atoms with E-state index in [-0.39, 0.29) is 32.0 Å². The molecule has 0 aromatic rings. The van der Waals surface area contributed by atoms with Gasteiger partial charge in [-0.05, 0) is 116 Å². The standard InChI is InChI=1S/C68H112NO8P/c1-6-8-10-12-14-16-18-20-22-24-26-28-30-32-34-36-38-40-42-44-46-48-50-52-54-56-58-60-67(70)74-64-66(65-76-78(72,73)75-63-62-69(3,4)5)77-68(71)61-59-57-55-53-51-49-47-45-43-41-39-37-35-33-31-29-27-25-23-21-19-17-15-13-11-9-7-2/h8-11,14-17,20-23,26-29,33,35,39,41,45,47,51,53,66H,6-7,12-13,18-19,24-25,30-32,34,36-38,40,42-44,46,48-50,52,54-65H2,1-5H3/p+1/b10-8-,11-9-,16-14-,17-15-,22-20-,23-21-,28-26-,29-27-,35-33-,41-39-,47-45-,53-51-. The van der Waals surface area contributed by atoms with E-state index in [0.29, 0.717) is 17.4 Å². The van der Waals surface area contributed by atoms with Crippen molar-refractivity contribution in [3.8, 4) is 0 Å². The molecule has 442 valence electrons. The molecule has 2 unspecified atom stereocenters. The van der Waals surface area contributed by atoms with Gasteiger partial charge in [-0.15, -0.1) is 0 Å². The number of unbranched alkanes of at least 4 members (excludes halogenated alkanes) is 16. The van der Waals surface area contributed by atoms with Gasteiger partial charge < -0.3 is 18.9 Å². The second kappa shape index (κ2) is 57.6. The first-order valence-corrected chi connectivity index (χ1v) is 32.1. The van der Waals surface area contributed by atoms with Crippen LogP contribution in [-0.4, -0.2) is 74.9 Å². The fraction of sp³-hybridized carbons (Fsp3) is 0.618. The first kappa shape index (κ1) is 73.9. The molecule has 0 aliphatic rings. The first-order chi connectivity index (χ1) is 38.0. The average molecular weight is 1100 g/mol. The molecule has 0 aliphatic heterocycles. The van der Waals surface area contributed by atoms with Crippen LogP contribution < -0.4 is 0 Å². The van der Waals surface area contributed by atoms with Gasteiger partial charge in [0.1, 0.15) is 19.8 Å². The molecule has 10 heteroatoms. The summed E-state index contributed by atoms with van der Waals surface area (Å²) in [7, 11) is 1.43. The van der Waals surface area contributed by atoms with Crippen molar-refractivity contribution < 1.29 is 42.1 Å². The molecule has 0 aromatic carbocycles. The molecule has 0 fully saturated rings. The van der Waals surface area contributed by atoms with Crippen LogP contribution in [0.5, 0.6) is 0 Å². The molecule has 0 saturated heterocycles. The van der Waals surface area contributed by atoms with E-state index in [1.807, 2.05) is 21.1 Å². The van der Waals surface area contributed by atoms with Crippen LogP contribution >= 0.6 is 7.82 Å². The van der Waals surface area contributed by atoms with E-state index in [1.54, 1.807) is 0 Å². The Morgan fingerprint density at radius 3 is 1.05 bits per heavy atom. The Balaban J connectivity index is 4.26. The maximum absolute atomic E-state index is 12.8. The second-order valence-corrected chi connectivity index (χ2v) is 22.4. The van der Waals surface area contributed by atoms with E-state index in [9.17, 15) is 19.0 Å². The van der Waals surface area contributed by atoms with E-state index < -0.39 is 26.5 Å². The van der Waals surface area contributed by atoms with Crippen molar-refractivity contribution in [1.29, 1.82) is 0 Å².